The Morgan fingerprint density at radius 3 is 2.38 bits per heavy atom. The van der Waals surface area contributed by atoms with E-state index in [1.165, 1.54) is 6.92 Å². The van der Waals surface area contributed by atoms with Gasteiger partial charge in [0.25, 0.3) is 0 Å². The first-order valence-corrected chi connectivity index (χ1v) is 6.57. The lowest BCUT2D eigenvalue weighted by atomic mass is 10.0. The predicted molar refractivity (Wildman–Crippen MR) is 79.4 cm³/mol. The molecule has 3 rings (SSSR count). The van der Waals surface area contributed by atoms with E-state index in [-0.39, 0.29) is 16.5 Å². The quantitative estimate of drug-likeness (QED) is 0.717. The summed E-state index contributed by atoms with van der Waals surface area (Å²) in [6.07, 6.45) is 0. The molecule has 0 aliphatic carbocycles. The van der Waals surface area contributed by atoms with Crippen LogP contribution in [0.4, 0.5) is 8.78 Å². The largest absolute Gasteiger partial charge is 0.352 e. The maximum Gasteiger partial charge on any atom is 0.195 e. The zero-order chi connectivity index (χ0) is 15.1. The SMILES string of the molecule is Cc1cc(F)c2[nH]c(-c3ccccc3)c(C)c(=O)c2c1F. The summed E-state index contributed by atoms with van der Waals surface area (Å²) < 4.78 is 28.3. The molecule has 3 aromatic rings. The first-order valence-electron chi connectivity index (χ1n) is 6.57. The van der Waals surface area contributed by atoms with E-state index in [4.69, 9.17) is 0 Å². The van der Waals surface area contributed by atoms with Gasteiger partial charge in [-0.3, -0.25) is 4.79 Å². The molecule has 0 atom stereocenters. The van der Waals surface area contributed by atoms with Crippen molar-refractivity contribution >= 4 is 10.9 Å². The van der Waals surface area contributed by atoms with Crippen molar-refractivity contribution in [1.82, 2.24) is 4.98 Å². The second kappa shape index (κ2) is 4.81. The van der Waals surface area contributed by atoms with Gasteiger partial charge in [-0.2, -0.15) is 0 Å². The molecule has 2 nitrogen and oxygen atoms in total. The van der Waals surface area contributed by atoms with Gasteiger partial charge in [0.05, 0.1) is 16.6 Å². The van der Waals surface area contributed by atoms with Crippen molar-refractivity contribution in [3.63, 3.8) is 0 Å². The van der Waals surface area contributed by atoms with Crippen molar-refractivity contribution < 1.29 is 8.78 Å². The lowest BCUT2D eigenvalue weighted by Crippen LogP contribution is -2.13. The molecule has 1 heterocycles. The molecule has 4 heteroatoms. The Bertz CT molecular complexity index is 898. The van der Waals surface area contributed by atoms with Crippen LogP contribution in [0, 0.1) is 25.5 Å². The molecular weight excluding hydrogens is 272 g/mol. The monoisotopic (exact) mass is 285 g/mol. The van der Waals surface area contributed by atoms with Gasteiger partial charge in [0.15, 0.2) is 5.43 Å². The second-order valence-electron chi connectivity index (χ2n) is 5.06. The van der Waals surface area contributed by atoms with E-state index in [9.17, 15) is 13.6 Å². The number of pyridine rings is 1. The number of halogens is 2. The summed E-state index contributed by atoms with van der Waals surface area (Å²) in [6.45, 7) is 3.05. The Balaban J connectivity index is 2.47. The topological polar surface area (TPSA) is 32.9 Å². The summed E-state index contributed by atoms with van der Waals surface area (Å²) in [6, 6.07) is 10.2. The highest BCUT2D eigenvalue weighted by atomic mass is 19.1. The van der Waals surface area contributed by atoms with Crippen LogP contribution in [0.3, 0.4) is 0 Å². The maximum atomic E-state index is 14.2. The normalized spacial score (nSPS) is 11.0. The van der Waals surface area contributed by atoms with E-state index in [0.717, 1.165) is 11.6 Å². The van der Waals surface area contributed by atoms with E-state index in [1.807, 2.05) is 30.3 Å². The van der Waals surface area contributed by atoms with Crippen LogP contribution in [-0.4, -0.2) is 4.98 Å². The van der Waals surface area contributed by atoms with Gasteiger partial charge >= 0.3 is 0 Å². The number of nitrogens with one attached hydrogen (secondary N) is 1. The van der Waals surface area contributed by atoms with Gasteiger partial charge in [-0.15, -0.1) is 0 Å². The molecule has 0 saturated carbocycles. The molecule has 0 unspecified atom stereocenters. The fourth-order valence-electron chi connectivity index (χ4n) is 2.50. The molecule has 0 amide bonds. The van der Waals surface area contributed by atoms with E-state index >= 15 is 0 Å². The summed E-state index contributed by atoms with van der Waals surface area (Å²) in [5, 5.41) is -0.218. The van der Waals surface area contributed by atoms with Crippen molar-refractivity contribution in [3.8, 4) is 11.3 Å². The minimum Gasteiger partial charge on any atom is -0.352 e. The van der Waals surface area contributed by atoms with Gasteiger partial charge in [0.1, 0.15) is 11.6 Å². The van der Waals surface area contributed by atoms with Crippen molar-refractivity contribution in [2.24, 2.45) is 0 Å². The van der Waals surface area contributed by atoms with E-state index in [0.29, 0.717) is 11.3 Å². The number of H-pyrrole nitrogens is 1. The summed E-state index contributed by atoms with van der Waals surface area (Å²) >= 11 is 0. The molecule has 0 aliphatic rings. The molecule has 0 aliphatic heterocycles. The average Bonchev–Trinajstić information content (AvgIpc) is 2.48. The van der Waals surface area contributed by atoms with Crippen LogP contribution in [0.25, 0.3) is 22.2 Å². The Kier molecular flexibility index (Phi) is 3.09. The Hall–Kier alpha value is -2.49. The third-order valence-electron chi connectivity index (χ3n) is 3.65. The van der Waals surface area contributed by atoms with Crippen molar-refractivity contribution in [2.45, 2.75) is 13.8 Å². The highest BCUT2D eigenvalue weighted by Crippen LogP contribution is 2.25. The van der Waals surface area contributed by atoms with E-state index < -0.39 is 17.1 Å². The van der Waals surface area contributed by atoms with E-state index in [1.54, 1.807) is 6.92 Å². The zero-order valence-electron chi connectivity index (χ0n) is 11.6. The van der Waals surface area contributed by atoms with Crippen molar-refractivity contribution in [3.05, 3.63) is 69.4 Å². The minimum absolute atomic E-state index is 0.0902. The highest BCUT2D eigenvalue weighted by molar-refractivity contribution is 5.84. The molecule has 0 bridgehead atoms. The smallest absolute Gasteiger partial charge is 0.195 e. The third-order valence-corrected chi connectivity index (χ3v) is 3.65. The Morgan fingerprint density at radius 1 is 1.05 bits per heavy atom. The number of aromatic amines is 1. The van der Waals surface area contributed by atoms with Gasteiger partial charge in [-0.1, -0.05) is 30.3 Å². The molecule has 0 fully saturated rings. The highest BCUT2D eigenvalue weighted by Gasteiger charge is 2.17. The molecule has 106 valence electrons. The van der Waals surface area contributed by atoms with Crippen LogP contribution in [-0.2, 0) is 0 Å². The summed E-state index contributed by atoms with van der Waals surface area (Å²) in [5.74, 6) is -1.30. The molecular formula is C17H13F2NO. The first-order chi connectivity index (χ1) is 10.0. The number of fused-ring (bicyclic) bond motifs is 1. The second-order valence-corrected chi connectivity index (χ2v) is 5.06. The molecule has 2 aromatic carbocycles. The first kappa shape index (κ1) is 13.5. The van der Waals surface area contributed by atoms with Crippen LogP contribution in [0.5, 0.6) is 0 Å². The summed E-state index contributed by atoms with van der Waals surface area (Å²) in [4.78, 5) is 15.3. The number of rotatable bonds is 1. The summed E-state index contributed by atoms with van der Waals surface area (Å²) in [5.41, 5.74) is 1.19. The molecule has 0 spiro atoms. The van der Waals surface area contributed by atoms with Crippen LogP contribution in [0.1, 0.15) is 11.1 Å². The van der Waals surface area contributed by atoms with Crippen LogP contribution in [0.2, 0.25) is 0 Å². The van der Waals surface area contributed by atoms with Gasteiger partial charge < -0.3 is 4.98 Å². The van der Waals surface area contributed by atoms with Crippen LogP contribution < -0.4 is 5.43 Å². The number of hydrogen-bond donors (Lipinski definition) is 1. The fraction of sp³-hybridized carbons (Fsp3) is 0.118. The minimum atomic E-state index is -0.671. The molecule has 1 N–H and O–H groups in total. The Labute approximate surface area is 120 Å². The lowest BCUT2D eigenvalue weighted by molar-refractivity contribution is 0.607. The average molecular weight is 285 g/mol. The summed E-state index contributed by atoms with van der Waals surface area (Å²) in [7, 11) is 0. The van der Waals surface area contributed by atoms with Gasteiger partial charge in [-0.25, -0.2) is 8.78 Å². The molecule has 0 radical (unpaired) electrons. The molecule has 0 saturated heterocycles. The van der Waals surface area contributed by atoms with Crippen LogP contribution >= 0.6 is 0 Å². The standard InChI is InChI=1S/C17H13F2NO/c1-9-8-12(18)16-13(14(9)19)17(21)10(2)15(20-16)11-6-4-3-5-7-11/h3-8H,1-2H3,(H,20,21). The zero-order valence-corrected chi connectivity index (χ0v) is 11.6. The number of aromatic nitrogens is 1. The molecule has 21 heavy (non-hydrogen) atoms. The predicted octanol–water partition coefficient (Wildman–Crippen LogP) is 4.09. The van der Waals surface area contributed by atoms with Gasteiger partial charge in [-0.05, 0) is 31.0 Å². The maximum absolute atomic E-state index is 14.2. The third kappa shape index (κ3) is 2.03. The van der Waals surface area contributed by atoms with Gasteiger partial charge in [0, 0.05) is 5.56 Å². The number of aryl methyl sites for hydroxylation is 1. The van der Waals surface area contributed by atoms with E-state index in [2.05, 4.69) is 4.98 Å². The lowest BCUT2D eigenvalue weighted by Gasteiger charge is -2.11. The number of hydrogen-bond acceptors (Lipinski definition) is 1. The fourth-order valence-corrected chi connectivity index (χ4v) is 2.50. The van der Waals surface area contributed by atoms with Gasteiger partial charge in [0.2, 0.25) is 0 Å². The van der Waals surface area contributed by atoms with Crippen molar-refractivity contribution in [2.75, 3.05) is 0 Å². The van der Waals surface area contributed by atoms with Crippen molar-refractivity contribution in [1.29, 1.82) is 0 Å². The van der Waals surface area contributed by atoms with Crippen LogP contribution in [0.15, 0.2) is 41.2 Å². The number of benzene rings is 2. The Morgan fingerprint density at radius 2 is 1.71 bits per heavy atom. The molecule has 1 aromatic heterocycles.